The van der Waals surface area contributed by atoms with Gasteiger partial charge in [0.25, 0.3) is 0 Å². The van der Waals surface area contributed by atoms with Crippen LogP contribution in [-0.4, -0.2) is 9.13 Å². The minimum absolute atomic E-state index is 0. The van der Waals surface area contributed by atoms with Gasteiger partial charge in [0, 0.05) is 0 Å². The average Bonchev–Trinajstić information content (AvgIpc) is 3.14. The monoisotopic (exact) mass is 598 g/mol. The Morgan fingerprint density at radius 2 is 1.14 bits per heavy atom. The molecule has 1 aromatic heterocycles. The van der Waals surface area contributed by atoms with Crippen LogP contribution in [-0.2, 0) is 17.9 Å². The zero-order valence-electron chi connectivity index (χ0n) is 22.9. The number of imidazole rings is 1. The summed E-state index contributed by atoms with van der Waals surface area (Å²) in [6.45, 7) is 6.65. The van der Waals surface area contributed by atoms with Gasteiger partial charge in [-0.3, -0.25) is 0 Å². The number of hydrogen-bond acceptors (Lipinski definition) is 0. The molecule has 2 aliphatic rings. The van der Waals surface area contributed by atoms with E-state index >= 15 is 0 Å². The first kappa shape index (κ1) is 31.0. The maximum atomic E-state index is 3.26. The van der Waals surface area contributed by atoms with Crippen molar-refractivity contribution in [3.8, 4) is 5.69 Å². The maximum Gasteiger partial charge on any atom is -1.00 e. The van der Waals surface area contributed by atoms with Crippen molar-refractivity contribution in [1.82, 2.24) is 9.13 Å². The van der Waals surface area contributed by atoms with Crippen molar-refractivity contribution in [1.29, 1.82) is 0 Å². The second kappa shape index (κ2) is 17.4. The van der Waals surface area contributed by atoms with Crippen molar-refractivity contribution < 1.29 is 30.3 Å². The molecular weight excluding hydrogens is 551 g/mol. The van der Waals surface area contributed by atoms with Gasteiger partial charge >= 0.3 is 175 Å². The van der Waals surface area contributed by atoms with Crippen molar-refractivity contribution in [2.45, 2.75) is 123 Å². The van der Waals surface area contributed by atoms with Gasteiger partial charge in [-0.1, -0.05) is 24.3 Å². The Labute approximate surface area is 236 Å². The summed E-state index contributed by atoms with van der Waals surface area (Å²) in [5, 5.41) is 0. The van der Waals surface area contributed by atoms with E-state index in [4.69, 9.17) is 0 Å². The molecule has 0 spiro atoms. The Morgan fingerprint density at radius 1 is 0.667 bits per heavy atom. The predicted molar refractivity (Wildman–Crippen MR) is 148 cm³/mol. The number of aryl methyl sites for hydroxylation is 3. The summed E-state index contributed by atoms with van der Waals surface area (Å²) >= 11 is 3.26. The first-order chi connectivity index (χ1) is 17.1. The van der Waals surface area contributed by atoms with Crippen LogP contribution < -0.4 is 12.4 Å². The van der Waals surface area contributed by atoms with E-state index in [1.807, 2.05) is 0 Å². The Balaban J connectivity index is 0.000000433. The van der Waals surface area contributed by atoms with Crippen LogP contribution in [0, 0.1) is 24.8 Å². The fraction of sp³-hybridized carbons (Fsp3) is 0.594. The van der Waals surface area contributed by atoms with Crippen LogP contribution in [0.1, 0.15) is 119 Å². The number of aromatic nitrogens is 2. The second-order valence-electron chi connectivity index (χ2n) is 10.6. The Morgan fingerprint density at radius 3 is 1.64 bits per heavy atom. The maximum absolute atomic E-state index is 3.26. The van der Waals surface area contributed by atoms with E-state index in [1.54, 1.807) is 0 Å². The molecule has 4 rings (SSSR count). The molecule has 0 saturated heterocycles. The van der Waals surface area contributed by atoms with Crippen LogP contribution in [0.5, 0.6) is 0 Å². The number of halogens is 1. The van der Waals surface area contributed by atoms with Crippen LogP contribution in [0.15, 0.2) is 48.8 Å². The molecule has 0 atom stereocenters. The summed E-state index contributed by atoms with van der Waals surface area (Å²) in [5.74, 6) is 0. The van der Waals surface area contributed by atoms with Gasteiger partial charge in [-0.05, 0) is 25.7 Å². The molecule has 2 aliphatic carbocycles. The fourth-order valence-electron chi connectivity index (χ4n) is 5.65. The molecule has 1 fully saturated rings. The summed E-state index contributed by atoms with van der Waals surface area (Å²) in [6.07, 6.45) is 33.9. The molecule has 1 saturated carbocycles. The van der Waals surface area contributed by atoms with Crippen molar-refractivity contribution in [3.63, 3.8) is 0 Å². The number of benzene rings is 1. The van der Waals surface area contributed by atoms with Crippen molar-refractivity contribution >= 4 is 0 Å². The molecule has 2 nitrogen and oxygen atoms in total. The molecule has 36 heavy (non-hydrogen) atoms. The minimum Gasteiger partial charge on any atom is -1.00 e. The van der Waals surface area contributed by atoms with Gasteiger partial charge < -0.3 is 12.4 Å². The zero-order valence-corrected chi connectivity index (χ0v) is 25.3. The largest absolute Gasteiger partial charge is 1.00 e. The van der Waals surface area contributed by atoms with E-state index in [1.165, 1.54) is 123 Å². The number of nitrogens with zero attached hydrogens (tertiary/aromatic N) is 2. The number of rotatable bonds is 2. The molecule has 0 N–H and O–H groups in total. The third-order valence-electron chi connectivity index (χ3n) is 7.49. The third kappa shape index (κ3) is 9.94. The SMILES string of the molecule is C1=C\CCCC\C=C/1.Cc1cc(C)c(-n2ccn(C3CCCCCCCCCCC3)[c]2=[Rh+])c(C)c1.[Cl-]. The van der Waals surface area contributed by atoms with Gasteiger partial charge in [0.15, 0.2) is 0 Å². The Bertz CT molecular complexity index is 964. The van der Waals surface area contributed by atoms with Crippen LogP contribution in [0.2, 0.25) is 0 Å². The topological polar surface area (TPSA) is 9.86 Å². The van der Waals surface area contributed by atoms with Crippen molar-refractivity contribution in [3.05, 3.63) is 69.5 Å². The number of hydrogen-bond donors (Lipinski definition) is 0. The van der Waals surface area contributed by atoms with Crippen molar-refractivity contribution in [2.24, 2.45) is 0 Å². The van der Waals surface area contributed by atoms with E-state index < -0.39 is 0 Å². The van der Waals surface area contributed by atoms with Crippen LogP contribution in [0.4, 0.5) is 0 Å². The predicted octanol–water partition coefficient (Wildman–Crippen LogP) is 6.81. The molecule has 0 amide bonds. The standard InChI is InChI=1S/C24H36N2.C8H12.ClH.Rh/c1-20-17-21(2)24(22(3)18-20)26-16-15-25(19-26)23-13-11-9-7-5-4-6-8-10-12-14-23;1-2-4-6-8-7-5-3-1;;/h15-18,23H,4-14H2,1-3H3;1-4H,5-8H2;1H;/q;;;+1/p-1/b;3-1-,4-2-;;. The minimum atomic E-state index is 0. The molecule has 0 radical (unpaired) electrons. The molecule has 0 bridgehead atoms. The molecule has 0 unspecified atom stereocenters. The van der Waals surface area contributed by atoms with Gasteiger partial charge in [-0.25, -0.2) is 0 Å². The van der Waals surface area contributed by atoms with E-state index in [-0.39, 0.29) is 12.4 Å². The molecule has 4 heteroatoms. The summed E-state index contributed by atoms with van der Waals surface area (Å²) in [7, 11) is 0. The zero-order chi connectivity index (χ0) is 24.9. The quantitative estimate of drug-likeness (QED) is 0.336. The average molecular weight is 599 g/mol. The van der Waals surface area contributed by atoms with Crippen LogP contribution >= 0.6 is 0 Å². The molecule has 1 heterocycles. The first-order valence-corrected chi connectivity index (χ1v) is 15.1. The fourth-order valence-corrected chi connectivity index (χ4v) is 6.38. The second-order valence-corrected chi connectivity index (χ2v) is 11.4. The van der Waals surface area contributed by atoms with Gasteiger partial charge in [0.2, 0.25) is 0 Å². The van der Waals surface area contributed by atoms with E-state index in [0.717, 1.165) is 0 Å². The molecular formula is C32H48ClN2Rh. The molecule has 0 aliphatic heterocycles. The summed E-state index contributed by atoms with van der Waals surface area (Å²) in [5.41, 5.74) is 5.39. The van der Waals surface area contributed by atoms with Gasteiger partial charge in [0.05, 0.1) is 0 Å². The van der Waals surface area contributed by atoms with Gasteiger partial charge in [-0.2, -0.15) is 0 Å². The van der Waals surface area contributed by atoms with Gasteiger partial charge in [0.1, 0.15) is 0 Å². The van der Waals surface area contributed by atoms with Crippen molar-refractivity contribution in [2.75, 3.05) is 0 Å². The summed E-state index contributed by atoms with van der Waals surface area (Å²) in [4.78, 5) is 0. The normalized spacial score (nSPS) is 19.8. The summed E-state index contributed by atoms with van der Waals surface area (Å²) < 4.78 is 6.16. The van der Waals surface area contributed by atoms with Gasteiger partial charge in [-0.15, -0.1) is 0 Å². The Kier molecular flexibility index (Phi) is 15.0. The van der Waals surface area contributed by atoms with E-state index in [0.29, 0.717) is 6.04 Å². The summed E-state index contributed by atoms with van der Waals surface area (Å²) in [6, 6.07) is 5.23. The van der Waals surface area contributed by atoms with E-state index in [2.05, 4.69) is 96.6 Å². The van der Waals surface area contributed by atoms with Crippen LogP contribution in [0.3, 0.4) is 0 Å². The first-order valence-electron chi connectivity index (χ1n) is 14.2. The number of allylic oxidation sites excluding steroid dienone is 4. The molecule has 202 valence electrons. The third-order valence-corrected chi connectivity index (χ3v) is 8.30. The molecule has 2 aromatic rings. The van der Waals surface area contributed by atoms with Crippen LogP contribution in [0.25, 0.3) is 5.69 Å². The molecule has 1 aromatic carbocycles. The van der Waals surface area contributed by atoms with E-state index in [9.17, 15) is 0 Å². The smallest absolute Gasteiger partial charge is 1.00 e. The Hall–Kier alpha value is -1.18.